The van der Waals surface area contributed by atoms with E-state index in [0.29, 0.717) is 0 Å². The Labute approximate surface area is 408 Å². The highest BCUT2D eigenvalue weighted by Gasteiger charge is 2.53. The SMILES string of the molecule is Cc1cccc(N(c2ccccc2)c2ccc(C3=C(c4ccccc4)C(c4ccccc4)=C(c4ccc(N(c5ccccc5)c5cccc(C)c5)cc4)[Si]3(c3ccccc3)c3ccccc3)cc2)c1. The van der Waals surface area contributed by atoms with Crippen molar-refractivity contribution in [1.29, 1.82) is 0 Å². The van der Waals surface area contributed by atoms with Gasteiger partial charge in [0.05, 0.1) is 0 Å². The monoisotopic (exact) mass is 900 g/mol. The summed E-state index contributed by atoms with van der Waals surface area (Å²) in [6.07, 6.45) is 0. The largest absolute Gasteiger partial charge is 0.310 e. The van der Waals surface area contributed by atoms with Crippen LogP contribution in [0.4, 0.5) is 34.1 Å². The summed E-state index contributed by atoms with van der Waals surface area (Å²) < 4.78 is 0. The molecule has 330 valence electrons. The van der Waals surface area contributed by atoms with Crippen molar-refractivity contribution in [3.63, 3.8) is 0 Å². The predicted molar refractivity (Wildman–Crippen MR) is 296 cm³/mol. The quantitative estimate of drug-likeness (QED) is 0.113. The lowest BCUT2D eigenvalue weighted by molar-refractivity contribution is 1.27. The van der Waals surface area contributed by atoms with Crippen LogP contribution in [0.15, 0.2) is 279 Å². The second-order valence-corrected chi connectivity index (χ2v) is 21.5. The molecule has 0 fully saturated rings. The maximum Gasteiger partial charge on any atom is 0.182 e. The van der Waals surface area contributed by atoms with Crippen molar-refractivity contribution in [1.82, 2.24) is 0 Å². The summed E-state index contributed by atoms with van der Waals surface area (Å²) in [5, 5.41) is 5.43. The Kier molecular flexibility index (Phi) is 11.9. The van der Waals surface area contributed by atoms with Crippen LogP contribution >= 0.6 is 0 Å². The Morgan fingerprint density at radius 3 is 0.870 bits per heavy atom. The Morgan fingerprint density at radius 2 is 0.536 bits per heavy atom. The normalized spacial score (nSPS) is 13.1. The summed E-state index contributed by atoms with van der Waals surface area (Å²) in [6.45, 7) is 4.33. The van der Waals surface area contributed by atoms with Crippen molar-refractivity contribution in [3.8, 4) is 0 Å². The fourth-order valence-corrected chi connectivity index (χ4v) is 16.1. The molecule has 1 aliphatic rings. The van der Waals surface area contributed by atoms with Gasteiger partial charge in [0, 0.05) is 34.1 Å². The molecule has 69 heavy (non-hydrogen) atoms. The van der Waals surface area contributed by atoms with E-state index in [9.17, 15) is 0 Å². The molecule has 0 atom stereocenters. The lowest BCUT2D eigenvalue weighted by Crippen LogP contribution is -2.59. The predicted octanol–water partition coefficient (Wildman–Crippen LogP) is 16.1. The second-order valence-electron chi connectivity index (χ2n) is 17.8. The summed E-state index contributed by atoms with van der Waals surface area (Å²) in [5.41, 5.74) is 16.5. The minimum Gasteiger partial charge on any atom is -0.310 e. The van der Waals surface area contributed by atoms with Gasteiger partial charge in [-0.2, -0.15) is 0 Å². The summed E-state index contributed by atoms with van der Waals surface area (Å²) in [6, 6.07) is 103. The van der Waals surface area contributed by atoms with Crippen LogP contribution in [-0.4, -0.2) is 8.07 Å². The van der Waals surface area contributed by atoms with Gasteiger partial charge in [-0.1, -0.05) is 206 Å². The Bertz CT molecular complexity index is 3170. The zero-order valence-corrected chi connectivity index (χ0v) is 40.0. The Morgan fingerprint density at radius 1 is 0.246 bits per heavy atom. The molecule has 0 bridgehead atoms. The Balaban J connectivity index is 1.20. The molecule has 3 heteroatoms. The third kappa shape index (κ3) is 8.13. The number of para-hydroxylation sites is 2. The standard InChI is InChI=1S/C66H52N2Si/c1-49-23-21-33-59(47-49)67(55-29-13-5-14-30-55)57-43-39-53(40-44-57)65-63(51-25-9-3-10-26-51)64(52-27-11-4-12-28-52)66(69(65,61-35-17-7-18-36-61)62-37-19-8-20-38-62)54-41-45-58(46-42-54)68(56-31-15-6-16-32-56)60-34-22-24-50(2)48-60/h3-48H,1-2H3. The smallest absolute Gasteiger partial charge is 0.182 e. The molecule has 10 aromatic carbocycles. The highest BCUT2D eigenvalue weighted by atomic mass is 28.3. The lowest BCUT2D eigenvalue weighted by atomic mass is 9.89. The first kappa shape index (κ1) is 43.1. The molecule has 2 nitrogen and oxygen atoms in total. The van der Waals surface area contributed by atoms with Crippen molar-refractivity contribution >= 4 is 74.1 Å². The van der Waals surface area contributed by atoms with Crippen LogP contribution in [0.1, 0.15) is 33.4 Å². The zero-order chi connectivity index (χ0) is 46.6. The number of hydrogen-bond donors (Lipinski definition) is 0. The molecule has 0 aromatic heterocycles. The van der Waals surface area contributed by atoms with Crippen LogP contribution in [0.5, 0.6) is 0 Å². The first-order valence-electron chi connectivity index (χ1n) is 23.8. The molecular formula is C66H52N2Si. The first-order chi connectivity index (χ1) is 34.1. The summed E-state index contributed by atoms with van der Waals surface area (Å²) in [5.74, 6) is 0. The second kappa shape index (κ2) is 19.0. The summed E-state index contributed by atoms with van der Waals surface area (Å²) in [4.78, 5) is 4.74. The van der Waals surface area contributed by atoms with E-state index in [-0.39, 0.29) is 0 Å². The van der Waals surface area contributed by atoms with Gasteiger partial charge in [-0.15, -0.1) is 0 Å². The molecule has 1 heterocycles. The van der Waals surface area contributed by atoms with Crippen molar-refractivity contribution < 1.29 is 0 Å². The minimum absolute atomic E-state index is 1.10. The number of hydrogen-bond acceptors (Lipinski definition) is 2. The van der Waals surface area contributed by atoms with Gasteiger partial charge in [-0.25, -0.2) is 0 Å². The summed E-state index contributed by atoms with van der Waals surface area (Å²) >= 11 is 0. The van der Waals surface area contributed by atoms with Crippen LogP contribution in [0.3, 0.4) is 0 Å². The molecule has 1 aliphatic heterocycles. The Hall–Kier alpha value is -8.50. The van der Waals surface area contributed by atoms with Crippen LogP contribution in [-0.2, 0) is 0 Å². The minimum atomic E-state index is -3.24. The van der Waals surface area contributed by atoms with Gasteiger partial charge >= 0.3 is 0 Å². The van der Waals surface area contributed by atoms with Crippen molar-refractivity contribution in [3.05, 3.63) is 312 Å². The number of rotatable bonds is 12. The van der Waals surface area contributed by atoms with Gasteiger partial charge < -0.3 is 9.80 Å². The molecule has 0 radical (unpaired) electrons. The van der Waals surface area contributed by atoms with Crippen molar-refractivity contribution in [2.45, 2.75) is 13.8 Å². The molecule has 0 amide bonds. The fraction of sp³-hybridized carbons (Fsp3) is 0.0303. The number of anilines is 6. The van der Waals surface area contributed by atoms with E-state index in [0.717, 1.165) is 34.1 Å². The van der Waals surface area contributed by atoms with E-state index < -0.39 is 8.07 Å². The molecule has 0 saturated carbocycles. The van der Waals surface area contributed by atoms with Crippen LogP contribution < -0.4 is 20.2 Å². The number of nitrogens with zero attached hydrogens (tertiary/aromatic N) is 2. The van der Waals surface area contributed by atoms with E-state index in [1.807, 2.05) is 0 Å². The van der Waals surface area contributed by atoms with Gasteiger partial charge in [-0.3, -0.25) is 0 Å². The summed E-state index contributed by atoms with van der Waals surface area (Å²) in [7, 11) is -3.24. The van der Waals surface area contributed by atoms with E-state index in [2.05, 4.69) is 303 Å². The molecule has 0 saturated heterocycles. The molecule has 0 spiro atoms. The fourth-order valence-electron chi connectivity index (χ4n) is 10.5. The molecule has 10 aromatic rings. The van der Waals surface area contributed by atoms with E-state index in [1.54, 1.807) is 0 Å². The third-order valence-corrected chi connectivity index (χ3v) is 18.4. The third-order valence-electron chi connectivity index (χ3n) is 13.4. The van der Waals surface area contributed by atoms with Gasteiger partial charge in [0.2, 0.25) is 0 Å². The maximum absolute atomic E-state index is 3.24. The first-order valence-corrected chi connectivity index (χ1v) is 25.8. The van der Waals surface area contributed by atoms with Gasteiger partial charge in [0.25, 0.3) is 0 Å². The molecule has 0 aliphatic carbocycles. The van der Waals surface area contributed by atoms with Crippen molar-refractivity contribution in [2.24, 2.45) is 0 Å². The van der Waals surface area contributed by atoms with Crippen LogP contribution in [0, 0.1) is 13.8 Å². The van der Waals surface area contributed by atoms with Crippen LogP contribution in [0.25, 0.3) is 21.5 Å². The van der Waals surface area contributed by atoms with Gasteiger partial charge in [0.1, 0.15) is 0 Å². The van der Waals surface area contributed by atoms with E-state index >= 15 is 0 Å². The van der Waals surface area contributed by atoms with Gasteiger partial charge in [-0.05, 0) is 152 Å². The molecule has 0 N–H and O–H groups in total. The average molecular weight is 901 g/mol. The topological polar surface area (TPSA) is 6.48 Å². The number of allylic oxidation sites excluding steroid dienone is 2. The van der Waals surface area contributed by atoms with E-state index in [4.69, 9.17) is 0 Å². The lowest BCUT2D eigenvalue weighted by Gasteiger charge is -2.36. The highest BCUT2D eigenvalue weighted by Crippen LogP contribution is 2.56. The van der Waals surface area contributed by atoms with Crippen LogP contribution in [0.2, 0.25) is 0 Å². The van der Waals surface area contributed by atoms with Crippen molar-refractivity contribution in [2.75, 3.05) is 9.80 Å². The molecular weight excluding hydrogens is 849 g/mol. The average Bonchev–Trinajstić information content (AvgIpc) is 3.74. The van der Waals surface area contributed by atoms with E-state index in [1.165, 1.54) is 65.3 Å². The molecule has 0 unspecified atom stereocenters. The maximum atomic E-state index is 2.39. The zero-order valence-electron chi connectivity index (χ0n) is 39.0. The highest BCUT2D eigenvalue weighted by molar-refractivity contribution is 7.29. The number of benzene rings is 10. The molecule has 11 rings (SSSR count). The van der Waals surface area contributed by atoms with Gasteiger partial charge in [0.15, 0.2) is 8.07 Å². The number of aryl methyl sites for hydroxylation is 2.